The number of imide groups is 4. The second-order valence-corrected chi connectivity index (χ2v) is 19.9. The molecule has 0 radical (unpaired) electrons. The number of benzene rings is 1. The van der Waals surface area contributed by atoms with Crippen LogP contribution >= 0.6 is 56.7 Å². The summed E-state index contributed by atoms with van der Waals surface area (Å²) in [6.07, 6.45) is 2.98. The number of pyridine rings is 1. The van der Waals surface area contributed by atoms with E-state index in [4.69, 9.17) is 27.4 Å². The number of urea groups is 4. The molecule has 16 N–H and O–H groups in total. The van der Waals surface area contributed by atoms with Crippen molar-refractivity contribution in [3.63, 3.8) is 0 Å². The third-order valence-electron chi connectivity index (χ3n) is 9.38. The zero-order valence-corrected chi connectivity index (χ0v) is 45.1. The molecule has 412 valence electrons. The lowest BCUT2D eigenvalue weighted by atomic mass is 10.2. The second kappa shape index (κ2) is 28.7. The van der Waals surface area contributed by atoms with Gasteiger partial charge in [0.2, 0.25) is 5.91 Å². The summed E-state index contributed by atoms with van der Waals surface area (Å²) in [7, 11) is 0. The quantitative estimate of drug-likeness (QED) is 0.0680. The number of thiophene rings is 5. The van der Waals surface area contributed by atoms with Gasteiger partial charge in [-0.3, -0.25) is 64.6 Å². The Kier molecular flexibility index (Phi) is 21.8. The highest BCUT2D eigenvalue weighted by atomic mass is 32.1. The second-order valence-electron chi connectivity index (χ2n) is 15.1. The van der Waals surface area contributed by atoms with E-state index in [9.17, 15) is 62.3 Å². The maximum absolute atomic E-state index is 12.4. The van der Waals surface area contributed by atoms with Crippen LogP contribution in [0.3, 0.4) is 0 Å². The van der Waals surface area contributed by atoms with Gasteiger partial charge in [-0.1, -0.05) is 18.2 Å². The fourth-order valence-corrected chi connectivity index (χ4v) is 9.88. The lowest BCUT2D eigenvalue weighted by Gasteiger charge is -2.06. The van der Waals surface area contributed by atoms with E-state index < -0.39 is 59.3 Å². The minimum absolute atomic E-state index is 0.0577. The van der Waals surface area contributed by atoms with E-state index in [2.05, 4.69) is 26.3 Å². The Morgan fingerprint density at radius 1 is 0.450 bits per heavy atom. The number of carbonyl (C=O) groups is 12. The Bertz CT molecular complexity index is 3730. The molecule has 16 amide bonds. The van der Waals surface area contributed by atoms with Gasteiger partial charge in [-0.2, -0.15) is 0 Å². The predicted molar refractivity (Wildman–Crippen MR) is 299 cm³/mol. The topological polar surface area (TPSA) is 448 Å². The molecule has 1 aromatic carbocycles. The molecule has 0 aliphatic carbocycles. The Morgan fingerprint density at radius 3 is 1.23 bits per heavy atom. The van der Waals surface area contributed by atoms with Crippen molar-refractivity contribution in [3.8, 4) is 0 Å². The number of primary amides is 4. The fourth-order valence-electron chi connectivity index (χ4n) is 6.02. The first kappa shape index (κ1) is 60.6. The summed E-state index contributed by atoms with van der Waals surface area (Å²) in [5, 5.41) is 28.0. The molecule has 8 aromatic rings. The SMILES string of the molecule is CC(=O)Nc1sccc1C(=O)NC(N)=O.Cc1cc(C(=O)Nc2sccc2C(=O)NC(N)=O)cs1.NC(=O)NC(=O)c1ccsc1NC(=O)c1cc2ccccc2oc1=O.NC(=O)NC(=O)c1ccsc1NC(=O)c1ccncc1. The van der Waals surface area contributed by atoms with Crippen LogP contribution in [0.2, 0.25) is 0 Å². The Hall–Kier alpha value is -10.3. The molecule has 0 saturated carbocycles. The van der Waals surface area contributed by atoms with Crippen LogP contribution in [-0.2, 0) is 4.79 Å². The highest BCUT2D eigenvalue weighted by Crippen LogP contribution is 2.27. The van der Waals surface area contributed by atoms with Crippen LogP contribution < -0.4 is 71.1 Å². The van der Waals surface area contributed by atoms with Crippen molar-refractivity contribution in [3.05, 3.63) is 166 Å². The van der Waals surface area contributed by atoms with Crippen molar-refractivity contribution in [2.75, 3.05) is 21.3 Å². The van der Waals surface area contributed by atoms with E-state index in [0.717, 1.165) is 16.2 Å². The van der Waals surface area contributed by atoms with Crippen molar-refractivity contribution < 1.29 is 62.0 Å². The maximum atomic E-state index is 12.4. The summed E-state index contributed by atoms with van der Waals surface area (Å²) >= 11 is 6.08. The number of nitrogens with one attached hydrogen (secondary N) is 8. The van der Waals surface area contributed by atoms with Crippen LogP contribution in [0.25, 0.3) is 11.0 Å². The van der Waals surface area contributed by atoms with E-state index in [-0.39, 0.29) is 50.5 Å². The fraction of sp³-hybridized carbons (Fsp3) is 0.0417. The van der Waals surface area contributed by atoms with Crippen LogP contribution in [-0.4, -0.2) is 76.4 Å². The molecule has 0 bridgehead atoms. The van der Waals surface area contributed by atoms with E-state index in [0.29, 0.717) is 37.1 Å². The number of rotatable bonds is 11. The van der Waals surface area contributed by atoms with Crippen LogP contribution in [0.4, 0.5) is 39.2 Å². The van der Waals surface area contributed by atoms with Gasteiger partial charge in [-0.15, -0.1) is 56.7 Å². The average Bonchev–Trinajstić information content (AvgIpc) is 4.28. The molecule has 8 rings (SSSR count). The Balaban J connectivity index is 0.000000199. The summed E-state index contributed by atoms with van der Waals surface area (Å²) in [4.78, 5) is 153. The van der Waals surface area contributed by atoms with Crippen molar-refractivity contribution in [2.24, 2.45) is 22.9 Å². The van der Waals surface area contributed by atoms with Crippen molar-refractivity contribution in [2.45, 2.75) is 13.8 Å². The molecule has 0 spiro atoms. The molecular formula is C48H41N13O14S5. The number of para-hydroxylation sites is 1. The molecule has 32 heteroatoms. The van der Waals surface area contributed by atoms with Gasteiger partial charge in [0, 0.05) is 40.5 Å². The molecular weight excluding hydrogens is 1140 g/mol. The lowest BCUT2D eigenvalue weighted by Crippen LogP contribution is -2.35. The van der Waals surface area contributed by atoms with Gasteiger partial charge in [0.25, 0.3) is 41.4 Å². The largest absolute Gasteiger partial charge is 0.422 e. The Labute approximate surface area is 469 Å². The van der Waals surface area contributed by atoms with Gasteiger partial charge >= 0.3 is 29.8 Å². The predicted octanol–water partition coefficient (Wildman–Crippen LogP) is 5.81. The number of fused-ring (bicyclic) bond motifs is 1. The monoisotopic (exact) mass is 1180 g/mol. The summed E-state index contributed by atoms with van der Waals surface area (Å²) in [6.45, 7) is 3.23. The highest BCUT2D eigenvalue weighted by molar-refractivity contribution is 7.16. The molecule has 0 atom stereocenters. The minimum atomic E-state index is -1.01. The van der Waals surface area contributed by atoms with Crippen LogP contribution in [0.15, 0.2) is 121 Å². The first-order valence-electron chi connectivity index (χ1n) is 21.9. The van der Waals surface area contributed by atoms with E-state index >= 15 is 0 Å². The van der Waals surface area contributed by atoms with Crippen molar-refractivity contribution in [1.82, 2.24) is 26.3 Å². The van der Waals surface area contributed by atoms with Gasteiger partial charge in [-0.05, 0) is 83.0 Å². The minimum Gasteiger partial charge on any atom is -0.422 e. The summed E-state index contributed by atoms with van der Waals surface area (Å²) in [5.41, 5.74) is 20.4. The van der Waals surface area contributed by atoms with Crippen LogP contribution in [0.1, 0.15) is 84.3 Å². The number of nitrogens with zero attached hydrogens (tertiary/aromatic N) is 1. The molecule has 0 unspecified atom stereocenters. The number of anilines is 4. The van der Waals surface area contributed by atoms with E-state index in [1.54, 1.807) is 69.4 Å². The Morgan fingerprint density at radius 2 is 0.838 bits per heavy atom. The number of nitrogens with two attached hydrogens (primary N) is 4. The summed E-state index contributed by atoms with van der Waals surface area (Å²) in [5.74, 6) is -4.38. The molecule has 0 saturated heterocycles. The number of aromatic nitrogens is 1. The molecule has 0 aliphatic rings. The third-order valence-corrected chi connectivity index (χ3v) is 13.6. The molecule has 0 aliphatic heterocycles. The number of carbonyl (C=O) groups excluding carboxylic acids is 12. The van der Waals surface area contributed by atoms with Crippen LogP contribution in [0, 0.1) is 6.92 Å². The lowest BCUT2D eigenvalue weighted by molar-refractivity contribution is -0.114. The van der Waals surface area contributed by atoms with Gasteiger partial charge in [0.05, 0.1) is 27.8 Å². The third kappa shape index (κ3) is 17.9. The van der Waals surface area contributed by atoms with Crippen molar-refractivity contribution in [1.29, 1.82) is 0 Å². The van der Waals surface area contributed by atoms with Crippen molar-refractivity contribution >= 4 is 159 Å². The zero-order chi connectivity index (χ0) is 58.6. The number of hydrogen-bond donors (Lipinski definition) is 12. The van der Waals surface area contributed by atoms with E-state index in [1.165, 1.54) is 95.0 Å². The summed E-state index contributed by atoms with van der Waals surface area (Å²) in [6, 6.07) is 15.1. The smallest absolute Gasteiger partial charge is 0.349 e. The maximum Gasteiger partial charge on any atom is 0.349 e. The number of aryl methyl sites for hydroxylation is 1. The summed E-state index contributed by atoms with van der Waals surface area (Å²) < 4.78 is 5.11. The molecule has 0 fully saturated rings. The molecule has 7 heterocycles. The first-order valence-corrected chi connectivity index (χ1v) is 26.3. The zero-order valence-electron chi connectivity index (χ0n) is 41.0. The van der Waals surface area contributed by atoms with Gasteiger partial charge in [0.1, 0.15) is 31.2 Å². The van der Waals surface area contributed by atoms with Gasteiger partial charge in [0.15, 0.2) is 0 Å². The van der Waals surface area contributed by atoms with Crippen LogP contribution in [0.5, 0.6) is 0 Å². The number of hydrogen-bond acceptors (Lipinski definition) is 20. The first-order chi connectivity index (χ1) is 38.0. The van der Waals surface area contributed by atoms with Gasteiger partial charge < -0.3 is 48.6 Å². The number of amides is 16. The highest BCUT2D eigenvalue weighted by Gasteiger charge is 2.22. The average molecular weight is 1180 g/mol. The molecule has 27 nitrogen and oxygen atoms in total. The standard InChI is InChI=1S/C16H11N3O5S.C12H10N4O3S.C12H11N3O3S2.C8H9N3O3S/c17-16(23)19-12(20)9-5-6-25-14(9)18-13(21)10-7-8-3-1-2-4-11(8)24-15(10)22;13-12(19)16-10(18)8-3-6-20-11(8)15-9(17)7-1-4-14-5-2-7;1-6-4-7(5-20-6)9(16)14-11-8(2-3-19-11)10(17)15-12(13)18;1-4(12)10-7-5(2-3-15-7)6(13)11-8(9)14/h1-7H,(H,18,21)(H3,17,19,20,23);1-6H,(H,15,17)(H3,13,16,18,19);2-5H,1H3,(H,14,16)(H3,13,15,17,18);2-3H,1H3,(H,10,12)(H3,9,11,13,14). The van der Waals surface area contributed by atoms with Gasteiger partial charge in [-0.25, -0.2) is 24.0 Å². The molecule has 80 heavy (non-hydrogen) atoms. The normalized spacial score (nSPS) is 9.97. The van der Waals surface area contributed by atoms with E-state index in [1.807, 2.05) is 28.2 Å². The molecule has 7 aromatic heterocycles.